The van der Waals surface area contributed by atoms with Crippen LogP contribution < -0.4 is 10.5 Å². The lowest BCUT2D eigenvalue weighted by atomic mass is 10.3. The molecule has 0 atom stereocenters. The van der Waals surface area contributed by atoms with E-state index in [4.69, 9.17) is 11.1 Å². The third-order valence-electron chi connectivity index (χ3n) is 2.02. The molecule has 0 aromatic heterocycles. The van der Waals surface area contributed by atoms with Crippen molar-refractivity contribution < 1.29 is 8.42 Å². The number of nitrogens with two attached hydrogens (primary N) is 1. The van der Waals surface area contributed by atoms with E-state index in [1.807, 2.05) is 6.92 Å². The third kappa shape index (κ3) is 5.43. The van der Waals surface area contributed by atoms with E-state index in [0.717, 1.165) is 6.42 Å². The first kappa shape index (κ1) is 15.3. The smallest absolute Gasteiger partial charge is 0.279 e. The monoisotopic (exact) mass is 250 g/mol. The number of nitrogens with one attached hydrogen (secondary N) is 2. The molecule has 0 rings (SSSR count). The van der Waals surface area contributed by atoms with Gasteiger partial charge in [0.25, 0.3) is 10.2 Å². The van der Waals surface area contributed by atoms with E-state index in [0.29, 0.717) is 6.54 Å². The minimum atomic E-state index is -3.45. The van der Waals surface area contributed by atoms with Crippen molar-refractivity contribution in [2.75, 3.05) is 13.1 Å². The van der Waals surface area contributed by atoms with Crippen molar-refractivity contribution in [3.05, 3.63) is 0 Å². The lowest BCUT2D eigenvalue weighted by molar-refractivity contribution is 0.355. The Labute approximate surface area is 97.9 Å². The lowest BCUT2D eigenvalue weighted by Gasteiger charge is -2.25. The molecular weight excluding hydrogens is 228 g/mol. The molecule has 0 fully saturated rings. The molecule has 0 saturated carbocycles. The van der Waals surface area contributed by atoms with Gasteiger partial charge in [0.1, 0.15) is 0 Å². The fourth-order valence-corrected chi connectivity index (χ4v) is 2.72. The first-order valence-electron chi connectivity index (χ1n) is 5.40. The molecule has 96 valence electrons. The van der Waals surface area contributed by atoms with E-state index in [9.17, 15) is 8.42 Å². The molecule has 0 spiro atoms. The van der Waals surface area contributed by atoms with Crippen LogP contribution in [0.25, 0.3) is 0 Å². The molecule has 16 heavy (non-hydrogen) atoms. The van der Waals surface area contributed by atoms with Gasteiger partial charge in [-0.05, 0) is 20.3 Å². The summed E-state index contributed by atoms with van der Waals surface area (Å²) in [6, 6.07) is -0.145. The summed E-state index contributed by atoms with van der Waals surface area (Å²) in [6.45, 7) is 6.16. The topological polar surface area (TPSA) is 99.3 Å². The van der Waals surface area contributed by atoms with Crippen LogP contribution in [0.3, 0.4) is 0 Å². The van der Waals surface area contributed by atoms with Crippen LogP contribution in [0.4, 0.5) is 0 Å². The zero-order valence-corrected chi connectivity index (χ0v) is 11.0. The number of hydrogen-bond acceptors (Lipinski definition) is 3. The Morgan fingerprint density at radius 3 is 2.44 bits per heavy atom. The number of rotatable bonds is 8. The first-order valence-corrected chi connectivity index (χ1v) is 6.84. The Kier molecular flexibility index (Phi) is 6.54. The molecule has 0 bridgehead atoms. The standard InChI is InChI=1S/C9H22N4O2S/c1-4-6-12-16(14,15)13(8(2)3)7-5-9(10)11/h8,12H,4-7H2,1-3H3,(H3,10,11). The molecule has 0 aliphatic rings. The predicted octanol–water partition coefficient (Wildman–Crippen LogP) is 0.267. The highest BCUT2D eigenvalue weighted by atomic mass is 32.2. The maximum atomic E-state index is 11.8. The molecule has 0 radical (unpaired) electrons. The molecule has 6 nitrogen and oxygen atoms in total. The van der Waals surface area contributed by atoms with Crippen molar-refractivity contribution in [3.8, 4) is 0 Å². The van der Waals surface area contributed by atoms with Crippen LogP contribution in [0.15, 0.2) is 0 Å². The molecule has 4 N–H and O–H groups in total. The van der Waals surface area contributed by atoms with Gasteiger partial charge >= 0.3 is 0 Å². The van der Waals surface area contributed by atoms with Gasteiger partial charge in [0, 0.05) is 25.6 Å². The van der Waals surface area contributed by atoms with Crippen LogP contribution in [-0.2, 0) is 10.2 Å². The molecule has 0 saturated heterocycles. The Morgan fingerprint density at radius 1 is 1.50 bits per heavy atom. The average molecular weight is 250 g/mol. The molecular formula is C9H22N4O2S. The summed E-state index contributed by atoms with van der Waals surface area (Å²) in [7, 11) is -3.45. The Balaban J connectivity index is 4.57. The SMILES string of the molecule is CCCNS(=O)(=O)N(CCC(=N)N)C(C)C. The lowest BCUT2D eigenvalue weighted by Crippen LogP contribution is -2.45. The van der Waals surface area contributed by atoms with Crippen molar-refractivity contribution in [2.24, 2.45) is 5.73 Å². The van der Waals surface area contributed by atoms with Crippen LogP contribution in [0.1, 0.15) is 33.6 Å². The summed E-state index contributed by atoms with van der Waals surface area (Å²) in [4.78, 5) is 0. The molecule has 0 aliphatic heterocycles. The highest BCUT2D eigenvalue weighted by Gasteiger charge is 2.23. The van der Waals surface area contributed by atoms with Crippen molar-refractivity contribution in [3.63, 3.8) is 0 Å². The average Bonchev–Trinajstić information content (AvgIpc) is 2.13. The van der Waals surface area contributed by atoms with Gasteiger partial charge in [-0.25, -0.2) is 4.72 Å². The van der Waals surface area contributed by atoms with E-state index >= 15 is 0 Å². The second kappa shape index (κ2) is 6.82. The minimum Gasteiger partial charge on any atom is -0.388 e. The molecule has 0 aromatic carbocycles. The quantitative estimate of drug-likeness (QED) is 0.426. The second-order valence-corrected chi connectivity index (χ2v) is 5.59. The molecule has 0 amide bonds. The van der Waals surface area contributed by atoms with Gasteiger partial charge in [-0.3, -0.25) is 5.41 Å². The maximum Gasteiger partial charge on any atom is 0.279 e. The summed E-state index contributed by atoms with van der Waals surface area (Å²) in [5.74, 6) is -0.00339. The molecule has 7 heteroatoms. The van der Waals surface area contributed by atoms with Crippen molar-refractivity contribution in [2.45, 2.75) is 39.7 Å². The zero-order chi connectivity index (χ0) is 12.8. The van der Waals surface area contributed by atoms with Crippen LogP contribution in [0, 0.1) is 5.41 Å². The predicted molar refractivity (Wildman–Crippen MR) is 65.6 cm³/mol. The van der Waals surface area contributed by atoms with E-state index in [1.54, 1.807) is 13.8 Å². The third-order valence-corrected chi connectivity index (χ3v) is 3.81. The van der Waals surface area contributed by atoms with Gasteiger partial charge in [-0.15, -0.1) is 0 Å². The summed E-state index contributed by atoms with van der Waals surface area (Å²) < 4.78 is 27.5. The number of nitrogens with zero attached hydrogens (tertiary/aromatic N) is 1. The van der Waals surface area contributed by atoms with Gasteiger partial charge in [-0.2, -0.15) is 12.7 Å². The first-order chi connectivity index (χ1) is 7.31. The fourth-order valence-electron chi connectivity index (χ4n) is 1.20. The van der Waals surface area contributed by atoms with Crippen LogP contribution >= 0.6 is 0 Å². The van der Waals surface area contributed by atoms with E-state index in [1.165, 1.54) is 4.31 Å². The molecule has 0 heterocycles. The van der Waals surface area contributed by atoms with Crippen LogP contribution in [0.2, 0.25) is 0 Å². The summed E-state index contributed by atoms with van der Waals surface area (Å²) in [5.41, 5.74) is 5.23. The van der Waals surface area contributed by atoms with Crippen LogP contribution in [-0.4, -0.2) is 37.7 Å². The summed E-state index contributed by atoms with van der Waals surface area (Å²) >= 11 is 0. The van der Waals surface area contributed by atoms with E-state index < -0.39 is 10.2 Å². The summed E-state index contributed by atoms with van der Waals surface area (Å²) in [5, 5.41) is 7.11. The normalized spacial score (nSPS) is 12.3. The van der Waals surface area contributed by atoms with Crippen molar-refractivity contribution in [1.29, 1.82) is 5.41 Å². The second-order valence-electron chi connectivity index (χ2n) is 3.88. The van der Waals surface area contributed by atoms with Gasteiger partial charge in [0.15, 0.2) is 0 Å². The highest BCUT2D eigenvalue weighted by Crippen LogP contribution is 2.06. The van der Waals surface area contributed by atoms with Gasteiger partial charge in [0.05, 0.1) is 5.84 Å². The van der Waals surface area contributed by atoms with Crippen molar-refractivity contribution >= 4 is 16.0 Å². The van der Waals surface area contributed by atoms with Gasteiger partial charge < -0.3 is 5.73 Å². The zero-order valence-electron chi connectivity index (χ0n) is 10.2. The van der Waals surface area contributed by atoms with Gasteiger partial charge in [0.2, 0.25) is 0 Å². The maximum absolute atomic E-state index is 11.8. The van der Waals surface area contributed by atoms with Gasteiger partial charge in [-0.1, -0.05) is 6.92 Å². The number of amidine groups is 1. The molecule has 0 unspecified atom stereocenters. The van der Waals surface area contributed by atoms with Crippen molar-refractivity contribution in [1.82, 2.24) is 9.03 Å². The highest BCUT2D eigenvalue weighted by molar-refractivity contribution is 7.87. The number of hydrogen-bond donors (Lipinski definition) is 3. The minimum absolute atomic E-state index is 0.00339. The molecule has 0 aromatic rings. The van der Waals surface area contributed by atoms with E-state index in [2.05, 4.69) is 4.72 Å². The molecule has 0 aliphatic carbocycles. The Bertz CT molecular complexity index is 313. The fraction of sp³-hybridized carbons (Fsp3) is 0.889. The van der Waals surface area contributed by atoms with Crippen LogP contribution in [0.5, 0.6) is 0 Å². The summed E-state index contributed by atoms with van der Waals surface area (Å²) in [6.07, 6.45) is 1.00. The Morgan fingerprint density at radius 2 is 2.06 bits per heavy atom. The van der Waals surface area contributed by atoms with E-state index in [-0.39, 0.29) is 24.8 Å². The largest absolute Gasteiger partial charge is 0.388 e. The Hall–Kier alpha value is -0.660.